The zero-order valence-electron chi connectivity index (χ0n) is 16.7. The van der Waals surface area contributed by atoms with E-state index in [9.17, 15) is 4.79 Å². The van der Waals surface area contributed by atoms with Gasteiger partial charge in [0.2, 0.25) is 0 Å². The molecule has 1 fully saturated rings. The number of pyridine rings is 1. The zero-order chi connectivity index (χ0) is 20.8. The molecule has 0 atom stereocenters. The van der Waals surface area contributed by atoms with Gasteiger partial charge in [0.1, 0.15) is 11.3 Å². The van der Waals surface area contributed by atoms with Crippen molar-refractivity contribution in [1.29, 1.82) is 0 Å². The van der Waals surface area contributed by atoms with Crippen LogP contribution in [0, 0.1) is 0 Å². The van der Waals surface area contributed by atoms with Crippen molar-refractivity contribution in [3.63, 3.8) is 0 Å². The van der Waals surface area contributed by atoms with Crippen LogP contribution < -0.4 is 0 Å². The molecular weight excluding hydrogens is 412 g/mol. The van der Waals surface area contributed by atoms with E-state index in [0.717, 1.165) is 35.2 Å². The normalized spacial score (nSPS) is 17.7. The molecule has 8 nitrogen and oxygen atoms in total. The molecule has 0 unspecified atom stereocenters. The number of hydrogen-bond donors (Lipinski definition) is 1. The first kappa shape index (κ1) is 18.6. The molecule has 0 bridgehead atoms. The predicted molar refractivity (Wildman–Crippen MR) is 116 cm³/mol. The standard InChI is InChI=1S/C22H20N6O2S/c29-21(16-2-1-15-12-25-27-20(15)26-16)28-8-4-22(5-9-28)19-14(3-10-30-22)11-18(31-19)17-13-23-6-7-24-17/h1-2,6-7,11-13H,3-5,8-10H2,(H,25,26,27). The number of thiophene rings is 1. The molecule has 1 amide bonds. The number of likely N-dealkylation sites (tertiary alicyclic amines) is 1. The molecular formula is C22H20N6O2S. The molecule has 4 aromatic rings. The van der Waals surface area contributed by atoms with Gasteiger partial charge in [-0.05, 0) is 43.0 Å². The molecule has 1 spiro atoms. The Labute approximate surface area is 182 Å². The molecule has 0 radical (unpaired) electrons. The average Bonchev–Trinajstić information content (AvgIpc) is 3.47. The number of piperidine rings is 1. The highest BCUT2D eigenvalue weighted by Gasteiger charge is 2.43. The maximum absolute atomic E-state index is 13.0. The van der Waals surface area contributed by atoms with Gasteiger partial charge in [-0.15, -0.1) is 11.3 Å². The van der Waals surface area contributed by atoms with Crippen LogP contribution >= 0.6 is 11.3 Å². The Morgan fingerprint density at radius 1 is 1.19 bits per heavy atom. The van der Waals surface area contributed by atoms with Crippen LogP contribution in [0.3, 0.4) is 0 Å². The third kappa shape index (κ3) is 3.12. The van der Waals surface area contributed by atoms with Gasteiger partial charge in [-0.1, -0.05) is 0 Å². The fourth-order valence-electron chi connectivity index (χ4n) is 4.52. The first-order chi connectivity index (χ1) is 15.2. The Hall–Kier alpha value is -3.17. The van der Waals surface area contributed by atoms with Crippen LogP contribution in [0.25, 0.3) is 21.6 Å². The number of aromatic nitrogens is 5. The minimum Gasteiger partial charge on any atom is -0.369 e. The predicted octanol–water partition coefficient (Wildman–Crippen LogP) is 3.18. The maximum Gasteiger partial charge on any atom is 0.272 e. The third-order valence-electron chi connectivity index (χ3n) is 6.17. The van der Waals surface area contributed by atoms with Crippen molar-refractivity contribution in [2.45, 2.75) is 24.9 Å². The van der Waals surface area contributed by atoms with Crippen molar-refractivity contribution in [3.05, 3.63) is 59.1 Å². The minimum absolute atomic E-state index is 0.0474. The van der Waals surface area contributed by atoms with Crippen LogP contribution in [0.1, 0.15) is 33.8 Å². The van der Waals surface area contributed by atoms with E-state index in [-0.39, 0.29) is 11.5 Å². The number of aromatic amines is 1. The van der Waals surface area contributed by atoms with Gasteiger partial charge in [0.15, 0.2) is 5.65 Å². The maximum atomic E-state index is 13.0. The molecule has 2 aliphatic rings. The van der Waals surface area contributed by atoms with Gasteiger partial charge >= 0.3 is 0 Å². The van der Waals surface area contributed by atoms with Crippen LogP contribution in [0.4, 0.5) is 0 Å². The monoisotopic (exact) mass is 432 g/mol. The first-order valence-corrected chi connectivity index (χ1v) is 11.2. The van der Waals surface area contributed by atoms with Gasteiger partial charge < -0.3 is 9.64 Å². The minimum atomic E-state index is -0.323. The fraction of sp³-hybridized carbons (Fsp3) is 0.318. The quantitative estimate of drug-likeness (QED) is 0.523. The molecule has 1 N–H and O–H groups in total. The largest absolute Gasteiger partial charge is 0.369 e. The molecule has 156 valence electrons. The molecule has 0 aliphatic carbocycles. The smallest absolute Gasteiger partial charge is 0.272 e. The van der Waals surface area contributed by atoms with Crippen LogP contribution in [0.2, 0.25) is 0 Å². The SMILES string of the molecule is O=C(c1ccc2cn[nH]c2n1)N1CCC2(CC1)OCCc1cc(-c3cnccn3)sc12. The van der Waals surface area contributed by atoms with Crippen molar-refractivity contribution in [1.82, 2.24) is 30.0 Å². The second-order valence-corrected chi connectivity index (χ2v) is 9.00. The van der Waals surface area contributed by atoms with Gasteiger partial charge in [-0.25, -0.2) is 4.98 Å². The number of nitrogens with zero attached hydrogens (tertiary/aromatic N) is 5. The van der Waals surface area contributed by atoms with Crippen LogP contribution in [-0.2, 0) is 16.8 Å². The second kappa shape index (κ2) is 7.21. The number of H-pyrrole nitrogens is 1. The van der Waals surface area contributed by atoms with Crippen molar-refractivity contribution in [3.8, 4) is 10.6 Å². The number of amides is 1. The van der Waals surface area contributed by atoms with Crippen molar-refractivity contribution in [2.24, 2.45) is 0 Å². The highest BCUT2D eigenvalue weighted by molar-refractivity contribution is 7.15. The summed E-state index contributed by atoms with van der Waals surface area (Å²) < 4.78 is 6.37. The van der Waals surface area contributed by atoms with Gasteiger partial charge in [0.25, 0.3) is 5.91 Å². The Morgan fingerprint density at radius 2 is 2.10 bits per heavy atom. The highest BCUT2D eigenvalue weighted by Crippen LogP contribution is 2.47. The number of rotatable bonds is 2. The number of carbonyl (C=O) groups is 1. The fourth-order valence-corrected chi connectivity index (χ4v) is 5.90. The van der Waals surface area contributed by atoms with E-state index in [1.807, 2.05) is 11.0 Å². The lowest BCUT2D eigenvalue weighted by molar-refractivity contribution is -0.0906. The number of carbonyl (C=O) groups excluding carboxylic acids is 1. The van der Waals surface area contributed by atoms with E-state index in [0.29, 0.717) is 31.0 Å². The van der Waals surface area contributed by atoms with E-state index in [1.54, 1.807) is 42.2 Å². The van der Waals surface area contributed by atoms with Crippen LogP contribution in [-0.4, -0.2) is 55.7 Å². The highest BCUT2D eigenvalue weighted by atomic mass is 32.1. The number of fused-ring (bicyclic) bond motifs is 3. The molecule has 31 heavy (non-hydrogen) atoms. The number of ether oxygens (including phenoxy) is 1. The summed E-state index contributed by atoms with van der Waals surface area (Å²) in [5.74, 6) is -0.0474. The van der Waals surface area contributed by atoms with E-state index >= 15 is 0 Å². The topological polar surface area (TPSA) is 96.9 Å². The lowest BCUT2D eigenvalue weighted by atomic mass is 9.85. The molecule has 6 heterocycles. The van der Waals surface area contributed by atoms with Crippen molar-refractivity contribution < 1.29 is 9.53 Å². The molecule has 1 saturated heterocycles. The van der Waals surface area contributed by atoms with Gasteiger partial charge in [0.05, 0.1) is 29.6 Å². The summed E-state index contributed by atoms with van der Waals surface area (Å²) in [5, 5.41) is 7.71. The number of hydrogen-bond acceptors (Lipinski definition) is 7. The molecule has 6 rings (SSSR count). The number of nitrogens with one attached hydrogen (secondary N) is 1. The van der Waals surface area contributed by atoms with E-state index < -0.39 is 0 Å². The summed E-state index contributed by atoms with van der Waals surface area (Å²) in [5.41, 5.74) is 2.98. The average molecular weight is 433 g/mol. The lowest BCUT2D eigenvalue weighted by Crippen LogP contribution is -2.48. The third-order valence-corrected chi connectivity index (χ3v) is 7.55. The lowest BCUT2D eigenvalue weighted by Gasteiger charge is -2.43. The molecule has 0 saturated carbocycles. The van der Waals surface area contributed by atoms with E-state index in [4.69, 9.17) is 4.74 Å². The second-order valence-electron chi connectivity index (χ2n) is 7.94. The Bertz CT molecular complexity index is 1260. The van der Waals surface area contributed by atoms with Gasteiger partial charge in [-0.3, -0.25) is 19.9 Å². The van der Waals surface area contributed by atoms with Crippen LogP contribution in [0.15, 0.2) is 43.0 Å². The van der Waals surface area contributed by atoms with Gasteiger partial charge in [0, 0.05) is 35.7 Å². The van der Waals surface area contributed by atoms with Crippen molar-refractivity contribution >= 4 is 28.3 Å². The molecule has 0 aromatic carbocycles. The Morgan fingerprint density at radius 3 is 2.94 bits per heavy atom. The first-order valence-electron chi connectivity index (χ1n) is 10.3. The molecule has 2 aliphatic heterocycles. The summed E-state index contributed by atoms with van der Waals surface area (Å²) in [7, 11) is 0. The summed E-state index contributed by atoms with van der Waals surface area (Å²) in [4.78, 5) is 30.4. The summed E-state index contributed by atoms with van der Waals surface area (Å²) in [6.07, 6.45) is 9.37. The summed E-state index contributed by atoms with van der Waals surface area (Å²) >= 11 is 1.75. The molecule has 9 heteroatoms. The van der Waals surface area contributed by atoms with Gasteiger partial charge in [-0.2, -0.15) is 5.10 Å². The molecule has 4 aromatic heterocycles. The van der Waals surface area contributed by atoms with Crippen molar-refractivity contribution in [2.75, 3.05) is 19.7 Å². The summed E-state index contributed by atoms with van der Waals surface area (Å²) in [6.45, 7) is 1.98. The zero-order valence-corrected chi connectivity index (χ0v) is 17.6. The summed E-state index contributed by atoms with van der Waals surface area (Å²) in [6, 6.07) is 5.88. The van der Waals surface area contributed by atoms with Crippen LogP contribution in [0.5, 0.6) is 0 Å². The van der Waals surface area contributed by atoms with E-state index in [2.05, 4.69) is 31.2 Å². The Balaban J connectivity index is 1.24. The Kier molecular flexibility index (Phi) is 4.32. The van der Waals surface area contributed by atoms with E-state index in [1.165, 1.54) is 10.4 Å².